The minimum Gasteiger partial charge on any atom is -0.384 e. The van der Waals surface area contributed by atoms with E-state index < -0.39 is 5.60 Å². The average molecular weight is 369 g/mol. The molecule has 1 aliphatic heterocycles. The summed E-state index contributed by atoms with van der Waals surface area (Å²) < 4.78 is 0. The molecule has 5 heteroatoms. The van der Waals surface area contributed by atoms with Crippen molar-refractivity contribution in [1.29, 1.82) is 0 Å². The van der Waals surface area contributed by atoms with E-state index in [1.54, 1.807) is 18.2 Å². The maximum atomic E-state index is 11.6. The van der Waals surface area contributed by atoms with Crippen LogP contribution in [0.1, 0.15) is 11.1 Å². The maximum absolute atomic E-state index is 11.6. The van der Waals surface area contributed by atoms with E-state index in [1.807, 2.05) is 48.5 Å². The predicted octanol–water partition coefficient (Wildman–Crippen LogP) is 4.90. The minimum absolute atomic E-state index is 0.115. The number of benzene rings is 3. The van der Waals surface area contributed by atoms with Gasteiger partial charge in [0.2, 0.25) is 0 Å². The molecule has 0 bridgehead atoms. The SMILES string of the molecule is NC1=Nc2ccc(Cl)cc2C1(O)c1ccccc1-c1ccccc1Cl. The van der Waals surface area contributed by atoms with Crippen LogP contribution in [0.4, 0.5) is 5.69 Å². The van der Waals surface area contributed by atoms with Crippen molar-refractivity contribution in [3.05, 3.63) is 87.9 Å². The Hall–Kier alpha value is -2.33. The molecule has 0 aliphatic carbocycles. The summed E-state index contributed by atoms with van der Waals surface area (Å²) >= 11 is 12.5. The van der Waals surface area contributed by atoms with Crippen molar-refractivity contribution < 1.29 is 5.11 Å². The smallest absolute Gasteiger partial charge is 0.175 e. The van der Waals surface area contributed by atoms with E-state index in [0.29, 0.717) is 26.9 Å². The molecule has 3 nitrogen and oxygen atoms in total. The number of aliphatic hydroxyl groups is 1. The van der Waals surface area contributed by atoms with Gasteiger partial charge in [-0.3, -0.25) is 0 Å². The van der Waals surface area contributed by atoms with Crippen LogP contribution in [0.25, 0.3) is 11.1 Å². The number of aliphatic imine (C=N–C) groups is 1. The molecule has 124 valence electrons. The fourth-order valence-corrected chi connectivity index (χ4v) is 3.65. The Labute approximate surface area is 155 Å². The normalized spacial score (nSPS) is 18.8. The number of hydrogen-bond donors (Lipinski definition) is 2. The molecule has 0 fully saturated rings. The summed E-state index contributed by atoms with van der Waals surface area (Å²) in [5.74, 6) is 0.115. The highest BCUT2D eigenvalue weighted by Crippen LogP contribution is 2.46. The Balaban J connectivity index is 2.00. The first kappa shape index (κ1) is 16.2. The lowest BCUT2D eigenvalue weighted by molar-refractivity contribution is 0.159. The van der Waals surface area contributed by atoms with Gasteiger partial charge in [0.25, 0.3) is 0 Å². The molecule has 3 N–H and O–H groups in total. The first-order valence-electron chi connectivity index (χ1n) is 7.73. The van der Waals surface area contributed by atoms with Gasteiger partial charge in [0.15, 0.2) is 5.60 Å². The van der Waals surface area contributed by atoms with Crippen LogP contribution in [-0.4, -0.2) is 10.9 Å². The van der Waals surface area contributed by atoms with Crippen LogP contribution in [0.2, 0.25) is 10.0 Å². The van der Waals surface area contributed by atoms with Crippen molar-refractivity contribution in [2.75, 3.05) is 0 Å². The summed E-state index contributed by atoms with van der Waals surface area (Å²) in [4.78, 5) is 4.33. The van der Waals surface area contributed by atoms with Crippen LogP contribution in [0.5, 0.6) is 0 Å². The van der Waals surface area contributed by atoms with E-state index in [4.69, 9.17) is 28.9 Å². The first-order chi connectivity index (χ1) is 12.0. The van der Waals surface area contributed by atoms with Gasteiger partial charge in [-0.25, -0.2) is 4.99 Å². The largest absolute Gasteiger partial charge is 0.384 e. The van der Waals surface area contributed by atoms with Crippen LogP contribution in [0.3, 0.4) is 0 Å². The van der Waals surface area contributed by atoms with Crippen molar-refractivity contribution in [2.24, 2.45) is 10.7 Å². The number of nitrogens with zero attached hydrogens (tertiary/aromatic N) is 1. The van der Waals surface area contributed by atoms with E-state index in [1.165, 1.54) is 0 Å². The molecule has 1 unspecified atom stereocenters. The summed E-state index contributed by atoms with van der Waals surface area (Å²) in [6.07, 6.45) is 0. The number of rotatable bonds is 2. The van der Waals surface area contributed by atoms with E-state index in [9.17, 15) is 5.11 Å². The number of fused-ring (bicyclic) bond motifs is 1. The summed E-state index contributed by atoms with van der Waals surface area (Å²) in [5, 5.41) is 12.7. The van der Waals surface area contributed by atoms with Gasteiger partial charge in [-0.2, -0.15) is 0 Å². The molecular weight excluding hydrogens is 355 g/mol. The molecule has 1 atom stereocenters. The lowest BCUT2D eigenvalue weighted by Crippen LogP contribution is -2.40. The van der Waals surface area contributed by atoms with Crippen LogP contribution in [-0.2, 0) is 5.60 Å². The highest BCUT2D eigenvalue weighted by Gasteiger charge is 2.44. The molecule has 0 aromatic heterocycles. The second kappa shape index (κ2) is 5.88. The van der Waals surface area contributed by atoms with E-state index >= 15 is 0 Å². The Morgan fingerprint density at radius 2 is 1.52 bits per heavy atom. The second-order valence-corrected chi connectivity index (χ2v) is 6.74. The lowest BCUT2D eigenvalue weighted by Gasteiger charge is -2.27. The molecule has 1 heterocycles. The van der Waals surface area contributed by atoms with Gasteiger partial charge >= 0.3 is 0 Å². The van der Waals surface area contributed by atoms with Gasteiger partial charge in [0.1, 0.15) is 5.84 Å². The molecular formula is C20H14Cl2N2O. The molecule has 4 rings (SSSR count). The molecule has 0 radical (unpaired) electrons. The Morgan fingerprint density at radius 1 is 0.840 bits per heavy atom. The molecule has 3 aromatic carbocycles. The van der Waals surface area contributed by atoms with Crippen LogP contribution in [0.15, 0.2) is 71.7 Å². The highest BCUT2D eigenvalue weighted by atomic mass is 35.5. The van der Waals surface area contributed by atoms with Gasteiger partial charge in [0, 0.05) is 26.7 Å². The maximum Gasteiger partial charge on any atom is 0.175 e. The average Bonchev–Trinajstić information content (AvgIpc) is 2.87. The van der Waals surface area contributed by atoms with E-state index in [0.717, 1.165) is 11.1 Å². The fraction of sp³-hybridized carbons (Fsp3) is 0.0500. The van der Waals surface area contributed by atoms with Gasteiger partial charge in [-0.1, -0.05) is 65.7 Å². The third kappa shape index (κ3) is 2.44. The van der Waals surface area contributed by atoms with Gasteiger partial charge in [-0.05, 0) is 29.8 Å². The van der Waals surface area contributed by atoms with E-state index in [-0.39, 0.29) is 5.84 Å². The van der Waals surface area contributed by atoms with Crippen LogP contribution >= 0.6 is 23.2 Å². The van der Waals surface area contributed by atoms with Crippen molar-refractivity contribution in [1.82, 2.24) is 0 Å². The molecule has 1 aliphatic rings. The third-order valence-electron chi connectivity index (χ3n) is 4.44. The van der Waals surface area contributed by atoms with E-state index in [2.05, 4.69) is 4.99 Å². The van der Waals surface area contributed by atoms with Crippen molar-refractivity contribution >= 4 is 34.7 Å². The second-order valence-electron chi connectivity index (χ2n) is 5.89. The van der Waals surface area contributed by atoms with Crippen molar-refractivity contribution in [3.8, 4) is 11.1 Å². The quantitative estimate of drug-likeness (QED) is 0.675. The molecule has 0 saturated carbocycles. The molecule has 25 heavy (non-hydrogen) atoms. The summed E-state index contributed by atoms with van der Waals surface area (Å²) in [5.41, 5.74) is 8.00. The summed E-state index contributed by atoms with van der Waals surface area (Å²) in [6.45, 7) is 0. The zero-order valence-corrected chi connectivity index (χ0v) is 14.6. The van der Waals surface area contributed by atoms with Crippen LogP contribution in [0, 0.1) is 0 Å². The number of amidine groups is 1. The molecule has 3 aromatic rings. The predicted molar refractivity (Wildman–Crippen MR) is 103 cm³/mol. The van der Waals surface area contributed by atoms with Gasteiger partial charge in [-0.15, -0.1) is 0 Å². The first-order valence-corrected chi connectivity index (χ1v) is 8.49. The van der Waals surface area contributed by atoms with Crippen molar-refractivity contribution in [3.63, 3.8) is 0 Å². The zero-order chi connectivity index (χ0) is 17.6. The highest BCUT2D eigenvalue weighted by molar-refractivity contribution is 6.33. The monoisotopic (exact) mass is 368 g/mol. The number of nitrogens with two attached hydrogens (primary N) is 1. The molecule has 0 spiro atoms. The van der Waals surface area contributed by atoms with Gasteiger partial charge < -0.3 is 10.8 Å². The third-order valence-corrected chi connectivity index (χ3v) is 5.01. The summed E-state index contributed by atoms with van der Waals surface area (Å²) in [6, 6.07) is 20.1. The Morgan fingerprint density at radius 3 is 2.28 bits per heavy atom. The minimum atomic E-state index is -1.56. The Kier molecular flexibility index (Phi) is 3.80. The standard InChI is InChI=1S/C20H14Cl2N2O/c21-12-9-10-18-16(11-12)20(25,19(23)24-18)15-7-3-1-5-13(15)14-6-2-4-8-17(14)22/h1-11,25H,(H2,23,24). The zero-order valence-electron chi connectivity index (χ0n) is 13.1. The topological polar surface area (TPSA) is 58.6 Å². The summed E-state index contributed by atoms with van der Waals surface area (Å²) in [7, 11) is 0. The lowest BCUT2D eigenvalue weighted by atomic mass is 9.82. The molecule has 0 saturated heterocycles. The molecule has 0 amide bonds. The fourth-order valence-electron chi connectivity index (χ4n) is 3.24. The number of halogens is 2. The van der Waals surface area contributed by atoms with Crippen molar-refractivity contribution in [2.45, 2.75) is 5.60 Å². The Bertz CT molecular complexity index is 1020. The number of hydrogen-bond acceptors (Lipinski definition) is 3. The van der Waals surface area contributed by atoms with Gasteiger partial charge in [0.05, 0.1) is 5.69 Å². The van der Waals surface area contributed by atoms with Crippen LogP contribution < -0.4 is 5.73 Å².